The Morgan fingerprint density at radius 2 is 1.71 bits per heavy atom. The maximum absolute atomic E-state index is 11.8. The van der Waals surface area contributed by atoms with E-state index in [9.17, 15) is 25.3 Å². The summed E-state index contributed by atoms with van der Waals surface area (Å²) in [7, 11) is -11.0. The summed E-state index contributed by atoms with van der Waals surface area (Å²) < 4.78 is 70.0. The van der Waals surface area contributed by atoms with E-state index in [2.05, 4.69) is 4.72 Å². The van der Waals surface area contributed by atoms with Crippen molar-refractivity contribution in [2.45, 2.75) is 17.2 Å². The summed E-state index contributed by atoms with van der Waals surface area (Å²) in [6.07, 6.45) is 0.948. The second-order valence-electron chi connectivity index (χ2n) is 4.49. The van der Waals surface area contributed by atoms with Gasteiger partial charge in [-0.15, -0.1) is 11.3 Å². The number of rotatable bonds is 7. The van der Waals surface area contributed by atoms with Gasteiger partial charge < -0.3 is 0 Å². The molecular formula is C9H16N2O6S4. The van der Waals surface area contributed by atoms with Crippen molar-refractivity contribution in [3.05, 3.63) is 17.0 Å². The van der Waals surface area contributed by atoms with Crippen LogP contribution < -0.4 is 9.86 Å². The van der Waals surface area contributed by atoms with Crippen LogP contribution in [0.3, 0.4) is 0 Å². The van der Waals surface area contributed by atoms with E-state index in [4.69, 9.17) is 5.14 Å². The Morgan fingerprint density at radius 1 is 1.14 bits per heavy atom. The van der Waals surface area contributed by atoms with Crippen LogP contribution in [-0.4, -0.2) is 43.0 Å². The first kappa shape index (κ1) is 18.5. The lowest BCUT2D eigenvalue weighted by atomic mass is 10.3. The lowest BCUT2D eigenvalue weighted by Crippen LogP contribution is -2.31. The number of nitrogens with one attached hydrogen (secondary N) is 1. The van der Waals surface area contributed by atoms with Crippen LogP contribution in [0.1, 0.15) is 17.8 Å². The van der Waals surface area contributed by atoms with E-state index in [0.717, 1.165) is 17.6 Å². The summed E-state index contributed by atoms with van der Waals surface area (Å²) in [5.74, 6) is -1.04. The van der Waals surface area contributed by atoms with Gasteiger partial charge in [-0.25, -0.2) is 35.1 Å². The zero-order chi connectivity index (χ0) is 16.5. The highest BCUT2D eigenvalue weighted by Gasteiger charge is 2.20. The molecule has 0 aliphatic rings. The van der Waals surface area contributed by atoms with E-state index in [1.807, 2.05) is 0 Å². The molecule has 1 heterocycles. The second-order valence-corrected chi connectivity index (χ2v) is 11.5. The smallest absolute Gasteiger partial charge is 0.229 e. The SMILES string of the molecule is CC(NS(=O)(=O)CCS(C)(=O)=O)c1ccc(S(N)(=O)=O)s1. The minimum absolute atomic E-state index is 0.0697. The monoisotopic (exact) mass is 376 g/mol. The van der Waals surface area contributed by atoms with Crippen LogP contribution in [0.5, 0.6) is 0 Å². The molecule has 8 nitrogen and oxygen atoms in total. The number of hydrogen-bond donors (Lipinski definition) is 2. The van der Waals surface area contributed by atoms with Crippen molar-refractivity contribution in [2.24, 2.45) is 5.14 Å². The third-order valence-corrected chi connectivity index (χ3v) is 7.75. The minimum atomic E-state index is -3.83. The molecular weight excluding hydrogens is 360 g/mol. The van der Waals surface area contributed by atoms with Crippen molar-refractivity contribution in [3.8, 4) is 0 Å². The van der Waals surface area contributed by atoms with E-state index >= 15 is 0 Å². The van der Waals surface area contributed by atoms with Crippen LogP contribution in [0.15, 0.2) is 16.3 Å². The molecule has 1 atom stereocenters. The molecule has 0 radical (unpaired) electrons. The van der Waals surface area contributed by atoms with Gasteiger partial charge in [-0.2, -0.15) is 0 Å². The minimum Gasteiger partial charge on any atom is -0.229 e. The molecule has 1 unspecified atom stereocenters. The van der Waals surface area contributed by atoms with Crippen LogP contribution in [0, 0.1) is 0 Å². The molecule has 0 amide bonds. The Labute approximate surface area is 128 Å². The molecule has 1 aromatic heterocycles. The molecule has 0 saturated heterocycles. The first-order chi connectivity index (χ1) is 9.30. The summed E-state index contributed by atoms with van der Waals surface area (Å²) in [5.41, 5.74) is 0. The molecule has 0 bridgehead atoms. The Balaban J connectivity index is 2.81. The van der Waals surface area contributed by atoms with E-state index in [1.54, 1.807) is 0 Å². The van der Waals surface area contributed by atoms with Crippen molar-refractivity contribution in [3.63, 3.8) is 0 Å². The molecule has 3 N–H and O–H groups in total. The number of sulfone groups is 1. The standard InChI is InChI=1S/C9H16N2O6S4/c1-7(8-3-4-9(18-8)21(10,16)17)11-20(14,15)6-5-19(2,12)13/h3-4,7,11H,5-6H2,1-2H3,(H2,10,16,17). The highest BCUT2D eigenvalue weighted by Crippen LogP contribution is 2.26. The van der Waals surface area contributed by atoms with Crippen LogP contribution in [0.2, 0.25) is 0 Å². The zero-order valence-corrected chi connectivity index (χ0v) is 14.6. The van der Waals surface area contributed by atoms with Gasteiger partial charge in [-0.3, -0.25) is 0 Å². The third kappa shape index (κ3) is 6.40. The van der Waals surface area contributed by atoms with Gasteiger partial charge >= 0.3 is 0 Å². The van der Waals surface area contributed by atoms with E-state index in [-0.39, 0.29) is 4.21 Å². The van der Waals surface area contributed by atoms with Gasteiger partial charge in [-0.05, 0) is 19.1 Å². The van der Waals surface area contributed by atoms with Gasteiger partial charge in [0.25, 0.3) is 0 Å². The second kappa shape index (κ2) is 6.30. The largest absolute Gasteiger partial charge is 0.247 e. The van der Waals surface area contributed by atoms with Crippen molar-refractivity contribution >= 4 is 41.2 Å². The van der Waals surface area contributed by atoms with Crippen molar-refractivity contribution in [2.75, 3.05) is 17.8 Å². The predicted molar refractivity (Wildman–Crippen MR) is 80.7 cm³/mol. The number of hydrogen-bond acceptors (Lipinski definition) is 7. The van der Waals surface area contributed by atoms with E-state index in [0.29, 0.717) is 4.88 Å². The van der Waals surface area contributed by atoms with Gasteiger partial charge in [0.2, 0.25) is 20.0 Å². The van der Waals surface area contributed by atoms with Crippen molar-refractivity contribution in [1.82, 2.24) is 4.72 Å². The normalized spacial score (nSPS) is 15.0. The maximum Gasteiger partial charge on any atom is 0.247 e. The summed E-state index contributed by atoms with van der Waals surface area (Å²) >= 11 is 0.854. The summed E-state index contributed by atoms with van der Waals surface area (Å²) in [6, 6.07) is 2.06. The molecule has 21 heavy (non-hydrogen) atoms. The molecule has 1 aromatic rings. The quantitative estimate of drug-likeness (QED) is 0.652. The fourth-order valence-corrected chi connectivity index (χ4v) is 6.07. The highest BCUT2D eigenvalue weighted by molar-refractivity contribution is 7.93. The van der Waals surface area contributed by atoms with Gasteiger partial charge in [0.1, 0.15) is 14.0 Å². The van der Waals surface area contributed by atoms with Crippen molar-refractivity contribution in [1.29, 1.82) is 0 Å². The molecule has 0 aliphatic carbocycles. The number of sulfonamides is 2. The summed E-state index contributed by atoms with van der Waals surface area (Å²) in [4.78, 5) is 0.460. The predicted octanol–water partition coefficient (Wildman–Crippen LogP) is -0.579. The maximum atomic E-state index is 11.8. The zero-order valence-electron chi connectivity index (χ0n) is 11.3. The van der Waals surface area contributed by atoms with Crippen LogP contribution in [-0.2, 0) is 29.9 Å². The lowest BCUT2D eigenvalue weighted by Gasteiger charge is -2.12. The number of primary sulfonamides is 1. The number of thiophene rings is 1. The molecule has 0 aliphatic heterocycles. The molecule has 1 rings (SSSR count). The number of nitrogens with two attached hydrogens (primary N) is 1. The molecule has 0 aromatic carbocycles. The molecule has 122 valence electrons. The molecule has 12 heteroatoms. The molecule has 0 saturated carbocycles. The van der Waals surface area contributed by atoms with Crippen LogP contribution >= 0.6 is 11.3 Å². The lowest BCUT2D eigenvalue weighted by molar-refractivity contribution is 0.567. The highest BCUT2D eigenvalue weighted by atomic mass is 32.2. The summed E-state index contributed by atoms with van der Waals surface area (Å²) in [6.45, 7) is 1.52. The average Bonchev–Trinajstić information content (AvgIpc) is 2.74. The summed E-state index contributed by atoms with van der Waals surface area (Å²) in [5, 5.41) is 4.97. The fourth-order valence-electron chi connectivity index (χ4n) is 1.37. The van der Waals surface area contributed by atoms with Crippen LogP contribution in [0.25, 0.3) is 0 Å². The molecule has 0 fully saturated rings. The van der Waals surface area contributed by atoms with E-state index < -0.39 is 47.4 Å². The third-order valence-electron chi connectivity index (χ3n) is 2.39. The molecule has 0 spiro atoms. The van der Waals surface area contributed by atoms with Gasteiger partial charge in [0.15, 0.2) is 0 Å². The Hall–Kier alpha value is -0.530. The Kier molecular flexibility index (Phi) is 5.56. The van der Waals surface area contributed by atoms with Crippen molar-refractivity contribution < 1.29 is 25.3 Å². The average molecular weight is 377 g/mol. The van der Waals surface area contributed by atoms with E-state index in [1.165, 1.54) is 19.1 Å². The fraction of sp³-hybridized carbons (Fsp3) is 0.556. The Bertz CT molecular complexity index is 806. The van der Waals surface area contributed by atoms with Crippen LogP contribution in [0.4, 0.5) is 0 Å². The Morgan fingerprint density at radius 3 is 2.14 bits per heavy atom. The first-order valence-electron chi connectivity index (χ1n) is 5.60. The van der Waals surface area contributed by atoms with Gasteiger partial charge in [-0.1, -0.05) is 0 Å². The topological polar surface area (TPSA) is 140 Å². The first-order valence-corrected chi connectivity index (χ1v) is 11.7. The van der Waals surface area contributed by atoms with Gasteiger partial charge in [0.05, 0.1) is 17.5 Å². The van der Waals surface area contributed by atoms with Gasteiger partial charge in [0, 0.05) is 11.1 Å².